The van der Waals surface area contributed by atoms with Gasteiger partial charge in [0.15, 0.2) is 11.6 Å². The zero-order valence-corrected chi connectivity index (χ0v) is 10.5. The molecule has 0 aliphatic heterocycles. The van der Waals surface area contributed by atoms with Gasteiger partial charge in [0.25, 0.3) is 5.91 Å². The molecule has 1 aromatic carbocycles. The van der Waals surface area contributed by atoms with Crippen LogP contribution in [0.25, 0.3) is 0 Å². The van der Waals surface area contributed by atoms with E-state index in [-0.39, 0.29) is 16.9 Å². The molecule has 0 saturated heterocycles. The van der Waals surface area contributed by atoms with E-state index in [1.807, 2.05) is 0 Å². The van der Waals surface area contributed by atoms with E-state index in [1.165, 1.54) is 6.07 Å². The summed E-state index contributed by atoms with van der Waals surface area (Å²) in [6, 6.07) is 3.11. The molecule has 1 N–H and O–H groups in total. The summed E-state index contributed by atoms with van der Waals surface area (Å²) in [5.41, 5.74) is 0.123. The number of carbonyl (C=O) groups is 1. The second kappa shape index (κ2) is 5.65. The van der Waals surface area contributed by atoms with Crippen molar-refractivity contribution in [3.8, 4) is 0 Å². The summed E-state index contributed by atoms with van der Waals surface area (Å²) in [5, 5.41) is 2.80. The fourth-order valence-corrected chi connectivity index (χ4v) is 2.55. The molecule has 2 atom stereocenters. The third-order valence-corrected chi connectivity index (χ3v) is 3.85. The molecule has 2 nitrogen and oxygen atoms in total. The van der Waals surface area contributed by atoms with Crippen LogP contribution in [0, 0.1) is 17.6 Å². The van der Waals surface area contributed by atoms with Crippen molar-refractivity contribution in [1.82, 2.24) is 5.32 Å². The minimum absolute atomic E-state index is 0.0928. The molecule has 0 bridgehead atoms. The summed E-state index contributed by atoms with van der Waals surface area (Å²) >= 11 is 6.09. The molecule has 1 aromatic rings. The van der Waals surface area contributed by atoms with Crippen LogP contribution >= 0.6 is 11.6 Å². The summed E-state index contributed by atoms with van der Waals surface area (Å²) in [6.45, 7) is 0.478. The predicted molar refractivity (Wildman–Crippen MR) is 65.7 cm³/mol. The molecule has 2 unspecified atom stereocenters. The molecule has 98 valence electrons. The largest absolute Gasteiger partial charge is 0.352 e. The van der Waals surface area contributed by atoms with Crippen molar-refractivity contribution in [2.75, 3.05) is 6.54 Å². The highest BCUT2D eigenvalue weighted by molar-refractivity contribution is 6.21. The summed E-state index contributed by atoms with van der Waals surface area (Å²) in [6.07, 6.45) is 3.03. The number of carbonyl (C=O) groups excluding carboxylic acids is 1. The zero-order valence-electron chi connectivity index (χ0n) is 9.76. The highest BCUT2D eigenvalue weighted by Gasteiger charge is 2.25. The van der Waals surface area contributed by atoms with Gasteiger partial charge < -0.3 is 5.32 Å². The molecule has 1 saturated carbocycles. The average molecular weight is 274 g/mol. The third kappa shape index (κ3) is 2.99. The number of hydrogen-bond donors (Lipinski definition) is 1. The average Bonchev–Trinajstić information content (AvgIpc) is 2.75. The molecular weight excluding hydrogens is 260 g/mol. The van der Waals surface area contributed by atoms with Gasteiger partial charge in [-0.15, -0.1) is 11.6 Å². The van der Waals surface area contributed by atoms with E-state index in [2.05, 4.69) is 5.32 Å². The van der Waals surface area contributed by atoms with Crippen LogP contribution in [0.3, 0.4) is 0 Å². The van der Waals surface area contributed by atoms with Crippen LogP contribution in [0.4, 0.5) is 8.78 Å². The Labute approximate surface area is 109 Å². The molecule has 2 rings (SSSR count). The molecule has 1 aliphatic rings. The van der Waals surface area contributed by atoms with Gasteiger partial charge in [0.2, 0.25) is 0 Å². The third-order valence-electron chi connectivity index (χ3n) is 3.27. The second-order valence-corrected chi connectivity index (χ2v) is 5.11. The van der Waals surface area contributed by atoms with Gasteiger partial charge in [-0.2, -0.15) is 0 Å². The normalized spacial score (nSPS) is 23.1. The number of amides is 1. The standard InChI is InChI=1S/C13H14ClF2NO/c14-10-3-1-2-9(10)7-17-13(18)8-4-5-11(15)12(16)6-8/h4-6,9-10H,1-3,7H2,(H,17,18). The van der Waals surface area contributed by atoms with E-state index in [4.69, 9.17) is 11.6 Å². The van der Waals surface area contributed by atoms with Crippen LogP contribution in [0.5, 0.6) is 0 Å². The van der Waals surface area contributed by atoms with E-state index in [0.29, 0.717) is 6.54 Å². The topological polar surface area (TPSA) is 29.1 Å². The molecule has 5 heteroatoms. The first-order valence-corrected chi connectivity index (χ1v) is 6.39. The van der Waals surface area contributed by atoms with Crippen molar-refractivity contribution in [1.29, 1.82) is 0 Å². The van der Waals surface area contributed by atoms with Crippen LogP contribution in [-0.4, -0.2) is 17.8 Å². The zero-order chi connectivity index (χ0) is 13.1. The van der Waals surface area contributed by atoms with Gasteiger partial charge in [-0.25, -0.2) is 8.78 Å². The van der Waals surface area contributed by atoms with Gasteiger partial charge >= 0.3 is 0 Å². The first kappa shape index (κ1) is 13.3. The maximum Gasteiger partial charge on any atom is 0.251 e. The van der Waals surface area contributed by atoms with Gasteiger partial charge in [-0.1, -0.05) is 6.42 Å². The van der Waals surface area contributed by atoms with Crippen LogP contribution in [0.1, 0.15) is 29.6 Å². The fourth-order valence-electron chi connectivity index (χ4n) is 2.18. The predicted octanol–water partition coefficient (Wildman–Crippen LogP) is 3.10. The van der Waals surface area contributed by atoms with Crippen LogP contribution in [0.15, 0.2) is 18.2 Å². The molecule has 0 spiro atoms. The minimum Gasteiger partial charge on any atom is -0.352 e. The lowest BCUT2D eigenvalue weighted by atomic mass is 10.1. The number of halogens is 3. The van der Waals surface area contributed by atoms with Crippen molar-refractivity contribution in [2.45, 2.75) is 24.6 Å². The molecule has 0 radical (unpaired) electrons. The summed E-state index contributed by atoms with van der Waals surface area (Å²) in [7, 11) is 0. The Balaban J connectivity index is 1.93. The van der Waals surface area contributed by atoms with Crippen molar-refractivity contribution in [2.24, 2.45) is 5.92 Å². The monoisotopic (exact) mass is 273 g/mol. The molecule has 18 heavy (non-hydrogen) atoms. The number of hydrogen-bond acceptors (Lipinski definition) is 1. The molecule has 1 amide bonds. The smallest absolute Gasteiger partial charge is 0.251 e. The maximum atomic E-state index is 13.0. The van der Waals surface area contributed by atoms with E-state index in [0.717, 1.165) is 31.4 Å². The van der Waals surface area contributed by atoms with E-state index < -0.39 is 17.5 Å². The van der Waals surface area contributed by atoms with E-state index in [9.17, 15) is 13.6 Å². The van der Waals surface area contributed by atoms with Crippen molar-refractivity contribution < 1.29 is 13.6 Å². The summed E-state index contributed by atoms with van der Waals surface area (Å²) < 4.78 is 25.7. The van der Waals surface area contributed by atoms with Gasteiger partial charge in [0.05, 0.1) is 0 Å². The minimum atomic E-state index is -1.02. The fraction of sp³-hybridized carbons (Fsp3) is 0.462. The van der Waals surface area contributed by atoms with Gasteiger partial charge in [0, 0.05) is 17.5 Å². The van der Waals surface area contributed by atoms with Gasteiger partial charge in [-0.05, 0) is 37.0 Å². The lowest BCUT2D eigenvalue weighted by molar-refractivity contribution is 0.0947. The number of benzene rings is 1. The Hall–Kier alpha value is -1.16. The number of rotatable bonds is 3. The lowest BCUT2D eigenvalue weighted by Crippen LogP contribution is -2.31. The lowest BCUT2D eigenvalue weighted by Gasteiger charge is -2.14. The highest BCUT2D eigenvalue weighted by Crippen LogP contribution is 2.29. The first-order chi connectivity index (χ1) is 8.58. The quantitative estimate of drug-likeness (QED) is 0.843. The Morgan fingerprint density at radius 3 is 2.72 bits per heavy atom. The first-order valence-electron chi connectivity index (χ1n) is 5.95. The Morgan fingerprint density at radius 2 is 2.11 bits per heavy atom. The van der Waals surface area contributed by atoms with Crippen LogP contribution in [-0.2, 0) is 0 Å². The Kier molecular flexibility index (Phi) is 4.17. The van der Waals surface area contributed by atoms with Crippen molar-refractivity contribution in [3.63, 3.8) is 0 Å². The SMILES string of the molecule is O=C(NCC1CCCC1Cl)c1ccc(F)c(F)c1. The van der Waals surface area contributed by atoms with Crippen LogP contribution in [0.2, 0.25) is 0 Å². The van der Waals surface area contributed by atoms with Gasteiger partial charge in [0.1, 0.15) is 0 Å². The number of nitrogens with one attached hydrogen (secondary N) is 1. The molecule has 1 fully saturated rings. The van der Waals surface area contributed by atoms with Gasteiger partial charge in [-0.3, -0.25) is 4.79 Å². The maximum absolute atomic E-state index is 13.0. The molecule has 0 aromatic heterocycles. The number of alkyl halides is 1. The molecule has 0 heterocycles. The highest BCUT2D eigenvalue weighted by atomic mass is 35.5. The van der Waals surface area contributed by atoms with E-state index in [1.54, 1.807) is 0 Å². The molecule has 1 aliphatic carbocycles. The van der Waals surface area contributed by atoms with Crippen LogP contribution < -0.4 is 5.32 Å². The van der Waals surface area contributed by atoms with Crippen molar-refractivity contribution in [3.05, 3.63) is 35.4 Å². The Morgan fingerprint density at radius 1 is 1.33 bits per heavy atom. The van der Waals surface area contributed by atoms with E-state index >= 15 is 0 Å². The summed E-state index contributed by atoms with van der Waals surface area (Å²) in [5.74, 6) is -2.10. The summed E-state index contributed by atoms with van der Waals surface area (Å²) in [4.78, 5) is 11.7. The second-order valence-electron chi connectivity index (χ2n) is 4.55. The van der Waals surface area contributed by atoms with Crippen molar-refractivity contribution >= 4 is 17.5 Å². The Bertz CT molecular complexity index is 453. The molecular formula is C13H14ClF2NO.